The summed E-state index contributed by atoms with van der Waals surface area (Å²) in [5.41, 5.74) is 2.21. The second kappa shape index (κ2) is 9.95. The Balaban J connectivity index is 2.71. The summed E-state index contributed by atoms with van der Waals surface area (Å²) in [4.78, 5) is 0. The molecule has 0 bridgehead atoms. The summed E-state index contributed by atoms with van der Waals surface area (Å²) in [6.07, 6.45) is 2.25. The monoisotopic (exact) mass is 318 g/mol. The molecule has 0 aliphatic heterocycles. The summed E-state index contributed by atoms with van der Waals surface area (Å²) >= 11 is 0. The number of anilines is 1. The van der Waals surface area contributed by atoms with Gasteiger partial charge in [-0.15, -0.1) is 0 Å². The van der Waals surface area contributed by atoms with Gasteiger partial charge in [-0.25, -0.2) is 0 Å². The Bertz CT molecular complexity index is 479. The predicted octanol–water partition coefficient (Wildman–Crippen LogP) is 3.66. The van der Waals surface area contributed by atoms with Crippen molar-refractivity contribution in [2.75, 3.05) is 11.9 Å². The molecule has 0 aliphatic carbocycles. The van der Waals surface area contributed by atoms with Gasteiger partial charge in [0.1, 0.15) is 11.9 Å². The van der Waals surface area contributed by atoms with Crippen LogP contribution in [0.3, 0.4) is 0 Å². The lowest BCUT2D eigenvalue weighted by Gasteiger charge is -2.28. The van der Waals surface area contributed by atoms with Crippen molar-refractivity contribution < 1.29 is 9.84 Å². The van der Waals surface area contributed by atoms with Crippen molar-refractivity contribution in [1.82, 2.24) is 5.32 Å². The molecule has 0 aliphatic rings. The average Bonchev–Trinajstić information content (AvgIpc) is 2.56. The fourth-order valence-corrected chi connectivity index (χ4v) is 2.24. The van der Waals surface area contributed by atoms with Crippen molar-refractivity contribution in [3.8, 4) is 0 Å². The molecule has 23 heavy (non-hydrogen) atoms. The van der Waals surface area contributed by atoms with Crippen molar-refractivity contribution >= 4 is 5.69 Å². The third-order valence-electron chi connectivity index (χ3n) is 3.72. The number of aliphatic hydroxyl groups is 1. The van der Waals surface area contributed by atoms with Crippen LogP contribution in [0.5, 0.6) is 0 Å². The Morgan fingerprint density at radius 3 is 2.43 bits per heavy atom. The Labute approximate surface area is 140 Å². The SMILES string of the molecule is C=CNCc1ccc(NC(C(=C)OC(CC)CO)C(C)C)cc1. The second-order valence-corrected chi connectivity index (χ2v) is 5.94. The number of rotatable bonds is 11. The largest absolute Gasteiger partial charge is 0.491 e. The van der Waals surface area contributed by atoms with Crippen molar-refractivity contribution in [1.29, 1.82) is 0 Å². The van der Waals surface area contributed by atoms with E-state index in [4.69, 9.17) is 4.74 Å². The van der Waals surface area contributed by atoms with E-state index in [2.05, 4.69) is 49.8 Å². The van der Waals surface area contributed by atoms with Crippen LogP contribution in [0.2, 0.25) is 0 Å². The highest BCUT2D eigenvalue weighted by molar-refractivity contribution is 5.46. The summed E-state index contributed by atoms with van der Waals surface area (Å²) < 4.78 is 5.79. The van der Waals surface area contributed by atoms with E-state index in [9.17, 15) is 5.11 Å². The average molecular weight is 318 g/mol. The first kappa shape index (κ1) is 19.1. The summed E-state index contributed by atoms with van der Waals surface area (Å²) in [7, 11) is 0. The molecule has 1 aromatic rings. The van der Waals surface area contributed by atoms with E-state index in [0.717, 1.165) is 18.7 Å². The zero-order chi connectivity index (χ0) is 17.2. The molecule has 1 rings (SSSR count). The maximum Gasteiger partial charge on any atom is 0.121 e. The highest BCUT2D eigenvalue weighted by atomic mass is 16.5. The van der Waals surface area contributed by atoms with Crippen LogP contribution in [0.4, 0.5) is 5.69 Å². The highest BCUT2D eigenvalue weighted by Crippen LogP contribution is 2.21. The molecule has 2 atom stereocenters. The maximum atomic E-state index is 9.29. The molecule has 0 heterocycles. The number of hydrogen-bond acceptors (Lipinski definition) is 4. The lowest BCUT2D eigenvalue weighted by Crippen LogP contribution is -2.31. The summed E-state index contributed by atoms with van der Waals surface area (Å²) in [5, 5.41) is 15.8. The van der Waals surface area contributed by atoms with Gasteiger partial charge in [0.2, 0.25) is 0 Å². The van der Waals surface area contributed by atoms with Crippen LogP contribution in [0, 0.1) is 5.92 Å². The summed E-state index contributed by atoms with van der Waals surface area (Å²) in [6, 6.07) is 8.23. The van der Waals surface area contributed by atoms with Gasteiger partial charge in [-0.2, -0.15) is 0 Å². The van der Waals surface area contributed by atoms with Crippen LogP contribution >= 0.6 is 0 Å². The zero-order valence-corrected chi connectivity index (χ0v) is 14.5. The molecule has 0 radical (unpaired) electrons. The van der Waals surface area contributed by atoms with Crippen LogP contribution in [-0.4, -0.2) is 23.9 Å². The van der Waals surface area contributed by atoms with Gasteiger partial charge in [-0.3, -0.25) is 0 Å². The normalized spacial score (nSPS) is 13.3. The van der Waals surface area contributed by atoms with Crippen LogP contribution < -0.4 is 10.6 Å². The molecule has 3 N–H and O–H groups in total. The number of nitrogens with one attached hydrogen (secondary N) is 2. The molecule has 1 aromatic carbocycles. The molecule has 0 amide bonds. The molecule has 4 nitrogen and oxygen atoms in total. The van der Waals surface area contributed by atoms with Crippen LogP contribution in [0.25, 0.3) is 0 Å². The second-order valence-electron chi connectivity index (χ2n) is 5.94. The number of ether oxygens (including phenoxy) is 1. The standard InChI is InChI=1S/C19H30N2O2/c1-6-18(13-22)23-15(5)19(14(3)4)21-17-10-8-16(9-11-17)12-20-7-2/h7-11,14,18-22H,2,5-6,12-13H2,1,3-4H3. The van der Waals surface area contributed by atoms with E-state index in [1.54, 1.807) is 6.20 Å². The van der Waals surface area contributed by atoms with Gasteiger partial charge >= 0.3 is 0 Å². The van der Waals surface area contributed by atoms with E-state index in [-0.39, 0.29) is 18.8 Å². The first-order chi connectivity index (χ1) is 11.0. The zero-order valence-electron chi connectivity index (χ0n) is 14.5. The minimum Gasteiger partial charge on any atom is -0.491 e. The van der Waals surface area contributed by atoms with Gasteiger partial charge in [0.15, 0.2) is 0 Å². The van der Waals surface area contributed by atoms with E-state index in [1.165, 1.54) is 5.56 Å². The van der Waals surface area contributed by atoms with Gasteiger partial charge < -0.3 is 20.5 Å². The molecule has 2 unspecified atom stereocenters. The summed E-state index contributed by atoms with van der Waals surface area (Å²) in [5.74, 6) is 0.985. The Morgan fingerprint density at radius 2 is 1.96 bits per heavy atom. The van der Waals surface area contributed by atoms with E-state index < -0.39 is 0 Å². The van der Waals surface area contributed by atoms with Crippen LogP contribution in [-0.2, 0) is 11.3 Å². The third-order valence-corrected chi connectivity index (χ3v) is 3.72. The van der Waals surface area contributed by atoms with E-state index >= 15 is 0 Å². The Hall–Kier alpha value is -1.94. The van der Waals surface area contributed by atoms with Crippen molar-refractivity contribution in [2.24, 2.45) is 5.92 Å². The van der Waals surface area contributed by atoms with Gasteiger partial charge in [0.25, 0.3) is 0 Å². The molecular weight excluding hydrogens is 288 g/mol. The summed E-state index contributed by atoms with van der Waals surface area (Å²) in [6.45, 7) is 14.7. The molecule has 4 heteroatoms. The van der Waals surface area contributed by atoms with Gasteiger partial charge in [-0.1, -0.05) is 46.1 Å². The van der Waals surface area contributed by atoms with E-state index in [1.807, 2.05) is 19.1 Å². The Morgan fingerprint density at radius 1 is 1.30 bits per heavy atom. The molecule has 128 valence electrons. The molecule has 0 spiro atoms. The molecule has 0 aromatic heterocycles. The first-order valence-electron chi connectivity index (χ1n) is 8.17. The first-order valence-corrected chi connectivity index (χ1v) is 8.17. The minimum atomic E-state index is -0.196. The number of benzene rings is 1. The molecule has 0 saturated carbocycles. The predicted molar refractivity (Wildman–Crippen MR) is 97.1 cm³/mol. The number of hydrogen-bond donors (Lipinski definition) is 3. The molecule has 0 fully saturated rings. The minimum absolute atomic E-state index is 0.00529. The van der Waals surface area contributed by atoms with Gasteiger partial charge in [-0.05, 0) is 36.2 Å². The van der Waals surface area contributed by atoms with E-state index in [0.29, 0.717) is 11.7 Å². The third kappa shape index (κ3) is 6.37. The lowest BCUT2D eigenvalue weighted by molar-refractivity contribution is 0.0479. The number of aliphatic hydroxyl groups excluding tert-OH is 1. The van der Waals surface area contributed by atoms with Gasteiger partial charge in [0.05, 0.1) is 12.6 Å². The topological polar surface area (TPSA) is 53.5 Å². The highest BCUT2D eigenvalue weighted by Gasteiger charge is 2.20. The fraction of sp³-hybridized carbons (Fsp3) is 0.474. The maximum absolute atomic E-state index is 9.29. The van der Waals surface area contributed by atoms with Crippen LogP contribution in [0.15, 0.2) is 49.4 Å². The Kier molecular flexibility index (Phi) is 8.27. The molecule has 0 saturated heterocycles. The quantitative estimate of drug-likeness (QED) is 0.545. The van der Waals surface area contributed by atoms with Crippen molar-refractivity contribution in [3.63, 3.8) is 0 Å². The fourth-order valence-electron chi connectivity index (χ4n) is 2.24. The molecular formula is C19H30N2O2. The van der Waals surface area contributed by atoms with Gasteiger partial charge in [0, 0.05) is 12.2 Å². The van der Waals surface area contributed by atoms with Crippen LogP contribution in [0.1, 0.15) is 32.8 Å². The smallest absolute Gasteiger partial charge is 0.121 e. The van der Waals surface area contributed by atoms with Crippen molar-refractivity contribution in [3.05, 3.63) is 54.9 Å². The van der Waals surface area contributed by atoms with Crippen molar-refractivity contribution in [2.45, 2.75) is 45.9 Å². The lowest BCUT2D eigenvalue weighted by atomic mass is 10.0.